The number of nitrogens with zero attached hydrogens (tertiary/aromatic N) is 4. The van der Waals surface area contributed by atoms with Gasteiger partial charge in [0, 0.05) is 16.8 Å². The number of nitrogens with one attached hydrogen (secondary N) is 1. The molecule has 5 aromatic rings. The van der Waals surface area contributed by atoms with Gasteiger partial charge in [0.15, 0.2) is 5.82 Å². The van der Waals surface area contributed by atoms with Crippen LogP contribution >= 0.6 is 0 Å². The van der Waals surface area contributed by atoms with Gasteiger partial charge in [0.25, 0.3) is 0 Å². The molecule has 0 fully saturated rings. The van der Waals surface area contributed by atoms with E-state index >= 15 is 0 Å². The zero-order chi connectivity index (χ0) is 18.9. The first-order chi connectivity index (χ1) is 13.8. The van der Waals surface area contributed by atoms with Crippen LogP contribution in [0.25, 0.3) is 27.6 Å². The number of furan rings is 1. The maximum absolute atomic E-state index is 5.98. The summed E-state index contributed by atoms with van der Waals surface area (Å²) < 4.78 is 13.3. The van der Waals surface area contributed by atoms with Crippen LogP contribution in [0, 0.1) is 0 Å². The van der Waals surface area contributed by atoms with Gasteiger partial charge in [-0.3, -0.25) is 0 Å². The van der Waals surface area contributed by atoms with E-state index in [-0.39, 0.29) is 0 Å². The van der Waals surface area contributed by atoms with Crippen LogP contribution in [0.3, 0.4) is 0 Å². The average Bonchev–Trinajstić information content (AvgIpc) is 3.36. The van der Waals surface area contributed by atoms with E-state index in [0.29, 0.717) is 12.4 Å². The minimum absolute atomic E-state index is 0.435. The topological polar surface area (TPSA) is 78.0 Å². The summed E-state index contributed by atoms with van der Waals surface area (Å²) in [5, 5.41) is 17.5. The number of tetrazole rings is 1. The van der Waals surface area contributed by atoms with Crippen LogP contribution in [-0.2, 0) is 6.54 Å². The highest BCUT2D eigenvalue weighted by molar-refractivity contribution is 6.06. The SMILES string of the molecule is COc1cc2c(cc1NCc1nnnn1-c1ccccc1)oc1ccccc12. The molecular weight excluding hydrogens is 354 g/mol. The van der Waals surface area contributed by atoms with Crippen molar-refractivity contribution in [2.75, 3.05) is 12.4 Å². The molecule has 0 atom stereocenters. The second-order valence-electron chi connectivity index (χ2n) is 6.34. The van der Waals surface area contributed by atoms with Crippen LogP contribution in [0.2, 0.25) is 0 Å². The fourth-order valence-electron chi connectivity index (χ4n) is 3.32. The van der Waals surface area contributed by atoms with E-state index in [1.165, 1.54) is 0 Å². The lowest BCUT2D eigenvalue weighted by Crippen LogP contribution is -2.09. The number of hydrogen-bond acceptors (Lipinski definition) is 6. The molecule has 0 radical (unpaired) electrons. The van der Waals surface area contributed by atoms with E-state index in [1.807, 2.05) is 66.7 Å². The normalized spacial score (nSPS) is 11.2. The van der Waals surface area contributed by atoms with Gasteiger partial charge in [0.2, 0.25) is 0 Å². The largest absolute Gasteiger partial charge is 0.495 e. The van der Waals surface area contributed by atoms with Crippen molar-refractivity contribution in [2.45, 2.75) is 6.54 Å². The summed E-state index contributed by atoms with van der Waals surface area (Å²) in [6.45, 7) is 0.435. The van der Waals surface area contributed by atoms with E-state index in [0.717, 1.165) is 39.1 Å². The highest BCUT2D eigenvalue weighted by atomic mass is 16.5. The zero-order valence-electron chi connectivity index (χ0n) is 15.2. The van der Waals surface area contributed by atoms with Crippen molar-refractivity contribution in [3.05, 3.63) is 72.6 Å². The molecule has 0 amide bonds. The quantitative estimate of drug-likeness (QED) is 0.499. The molecule has 0 unspecified atom stereocenters. The second-order valence-corrected chi connectivity index (χ2v) is 6.34. The highest BCUT2D eigenvalue weighted by Gasteiger charge is 2.14. The van der Waals surface area contributed by atoms with Crippen LogP contribution in [0.4, 0.5) is 5.69 Å². The first kappa shape index (κ1) is 16.3. The third kappa shape index (κ3) is 2.73. The number of benzene rings is 3. The van der Waals surface area contributed by atoms with E-state index in [2.05, 4.69) is 20.8 Å². The van der Waals surface area contributed by atoms with Crippen molar-refractivity contribution in [1.29, 1.82) is 0 Å². The molecule has 7 heteroatoms. The Balaban J connectivity index is 1.49. The van der Waals surface area contributed by atoms with Crippen molar-refractivity contribution >= 4 is 27.6 Å². The molecule has 138 valence electrons. The molecule has 0 saturated heterocycles. The summed E-state index contributed by atoms with van der Waals surface area (Å²) in [6.07, 6.45) is 0. The van der Waals surface area contributed by atoms with Crippen LogP contribution in [-0.4, -0.2) is 27.3 Å². The summed E-state index contributed by atoms with van der Waals surface area (Å²) in [5.41, 5.74) is 3.37. The molecule has 0 spiro atoms. The number of anilines is 1. The van der Waals surface area contributed by atoms with Crippen LogP contribution in [0.1, 0.15) is 5.82 Å². The molecule has 0 aliphatic carbocycles. The Hall–Kier alpha value is -3.87. The van der Waals surface area contributed by atoms with Gasteiger partial charge in [0.1, 0.15) is 16.9 Å². The summed E-state index contributed by atoms with van der Waals surface area (Å²) in [5.74, 6) is 1.43. The molecule has 5 rings (SSSR count). The number of hydrogen-bond donors (Lipinski definition) is 1. The molecule has 3 aromatic carbocycles. The predicted molar refractivity (Wildman–Crippen MR) is 107 cm³/mol. The van der Waals surface area contributed by atoms with Gasteiger partial charge >= 0.3 is 0 Å². The van der Waals surface area contributed by atoms with Crippen molar-refractivity contribution in [2.24, 2.45) is 0 Å². The van der Waals surface area contributed by atoms with Gasteiger partial charge in [-0.1, -0.05) is 36.4 Å². The number of methoxy groups -OCH3 is 1. The number of ether oxygens (including phenoxy) is 1. The van der Waals surface area contributed by atoms with Crippen molar-refractivity contribution < 1.29 is 9.15 Å². The zero-order valence-corrected chi connectivity index (χ0v) is 15.2. The molecule has 1 N–H and O–H groups in total. The second kappa shape index (κ2) is 6.70. The van der Waals surface area contributed by atoms with Crippen LogP contribution in [0.5, 0.6) is 5.75 Å². The summed E-state index contributed by atoms with van der Waals surface area (Å²) in [4.78, 5) is 0. The average molecular weight is 371 g/mol. The Kier molecular flexibility index (Phi) is 3.90. The predicted octanol–water partition coefficient (Wildman–Crippen LogP) is 4.18. The lowest BCUT2D eigenvalue weighted by molar-refractivity contribution is 0.417. The minimum atomic E-state index is 0.435. The Labute approximate surface area is 160 Å². The van der Waals surface area contributed by atoms with Gasteiger partial charge in [-0.2, -0.15) is 4.68 Å². The fourth-order valence-corrected chi connectivity index (χ4v) is 3.32. The smallest absolute Gasteiger partial charge is 0.175 e. The molecule has 28 heavy (non-hydrogen) atoms. The van der Waals surface area contributed by atoms with Crippen molar-refractivity contribution in [3.8, 4) is 11.4 Å². The highest BCUT2D eigenvalue weighted by Crippen LogP contribution is 2.36. The third-order valence-corrected chi connectivity index (χ3v) is 4.67. The first-order valence-electron chi connectivity index (χ1n) is 8.89. The number of aromatic nitrogens is 4. The molecule has 0 aliphatic heterocycles. The standard InChI is InChI=1S/C21H17N5O2/c1-27-20-11-16-15-9-5-6-10-18(15)28-19(16)12-17(20)22-13-21-23-24-25-26(21)14-7-3-2-4-8-14/h2-12,22H,13H2,1H3. The van der Waals surface area contributed by atoms with Gasteiger partial charge in [-0.25, -0.2) is 0 Å². The summed E-state index contributed by atoms with van der Waals surface area (Å²) in [7, 11) is 1.66. The Morgan fingerprint density at radius 3 is 2.64 bits per heavy atom. The Bertz CT molecular complexity index is 1260. The van der Waals surface area contributed by atoms with E-state index in [4.69, 9.17) is 9.15 Å². The van der Waals surface area contributed by atoms with Gasteiger partial charge in [-0.05, 0) is 34.7 Å². The molecule has 0 saturated carbocycles. The van der Waals surface area contributed by atoms with E-state index in [1.54, 1.807) is 11.8 Å². The van der Waals surface area contributed by atoms with Crippen LogP contribution in [0.15, 0.2) is 71.1 Å². The van der Waals surface area contributed by atoms with E-state index in [9.17, 15) is 0 Å². The number of para-hydroxylation sites is 2. The Morgan fingerprint density at radius 2 is 1.79 bits per heavy atom. The van der Waals surface area contributed by atoms with Crippen molar-refractivity contribution in [3.63, 3.8) is 0 Å². The molecule has 0 aliphatic rings. The lowest BCUT2D eigenvalue weighted by Gasteiger charge is -2.11. The first-order valence-corrected chi connectivity index (χ1v) is 8.89. The molecule has 2 aromatic heterocycles. The molecule has 0 bridgehead atoms. The number of fused-ring (bicyclic) bond motifs is 3. The molecule has 7 nitrogen and oxygen atoms in total. The fraction of sp³-hybridized carbons (Fsp3) is 0.0952. The summed E-state index contributed by atoms with van der Waals surface area (Å²) in [6, 6.07) is 21.7. The van der Waals surface area contributed by atoms with Gasteiger partial charge in [-0.15, -0.1) is 5.10 Å². The monoisotopic (exact) mass is 371 g/mol. The number of rotatable bonds is 5. The third-order valence-electron chi connectivity index (χ3n) is 4.67. The molecular formula is C21H17N5O2. The molecule has 2 heterocycles. The van der Waals surface area contributed by atoms with Gasteiger partial charge in [0.05, 0.1) is 25.0 Å². The van der Waals surface area contributed by atoms with Crippen molar-refractivity contribution in [1.82, 2.24) is 20.2 Å². The maximum Gasteiger partial charge on any atom is 0.175 e. The summed E-state index contributed by atoms with van der Waals surface area (Å²) >= 11 is 0. The maximum atomic E-state index is 5.98. The van der Waals surface area contributed by atoms with E-state index < -0.39 is 0 Å². The van der Waals surface area contributed by atoms with Crippen LogP contribution < -0.4 is 10.1 Å². The van der Waals surface area contributed by atoms with Gasteiger partial charge < -0.3 is 14.5 Å². The Morgan fingerprint density at radius 1 is 0.964 bits per heavy atom. The lowest BCUT2D eigenvalue weighted by atomic mass is 10.1. The minimum Gasteiger partial charge on any atom is -0.495 e.